The average molecular weight is 302 g/mol. The zero-order valence-corrected chi connectivity index (χ0v) is 11.3. The van der Waals surface area contributed by atoms with Gasteiger partial charge in [0, 0.05) is 6.54 Å². The second kappa shape index (κ2) is 6.21. The van der Waals surface area contributed by atoms with Gasteiger partial charge in [0.1, 0.15) is 11.5 Å². The van der Waals surface area contributed by atoms with Gasteiger partial charge in [0.15, 0.2) is 0 Å². The minimum absolute atomic E-state index is 0.279. The SMILES string of the molecule is CCCNCc1cn(-c2cc(C(F)(F)F)ccc2F)nn1. The van der Waals surface area contributed by atoms with Gasteiger partial charge in [-0.2, -0.15) is 13.2 Å². The molecule has 0 spiro atoms. The summed E-state index contributed by atoms with van der Waals surface area (Å²) in [6, 6.07) is 2.18. The van der Waals surface area contributed by atoms with Gasteiger partial charge in [0.25, 0.3) is 0 Å². The van der Waals surface area contributed by atoms with Gasteiger partial charge in [-0.05, 0) is 31.2 Å². The highest BCUT2D eigenvalue weighted by molar-refractivity contribution is 5.38. The minimum Gasteiger partial charge on any atom is -0.311 e. The van der Waals surface area contributed by atoms with Gasteiger partial charge in [0.05, 0.1) is 17.5 Å². The molecule has 21 heavy (non-hydrogen) atoms. The summed E-state index contributed by atoms with van der Waals surface area (Å²) in [5.41, 5.74) is -0.681. The fraction of sp³-hybridized carbons (Fsp3) is 0.385. The van der Waals surface area contributed by atoms with Crippen LogP contribution in [0.5, 0.6) is 0 Å². The largest absolute Gasteiger partial charge is 0.416 e. The molecule has 0 fully saturated rings. The van der Waals surface area contributed by atoms with Gasteiger partial charge >= 0.3 is 6.18 Å². The van der Waals surface area contributed by atoms with E-state index in [0.29, 0.717) is 24.4 Å². The number of aromatic nitrogens is 3. The van der Waals surface area contributed by atoms with Crippen molar-refractivity contribution in [2.24, 2.45) is 0 Å². The van der Waals surface area contributed by atoms with E-state index in [1.807, 2.05) is 6.92 Å². The molecular formula is C13H14F4N4. The summed E-state index contributed by atoms with van der Waals surface area (Å²) in [6.45, 7) is 3.21. The second-order valence-corrected chi connectivity index (χ2v) is 4.50. The van der Waals surface area contributed by atoms with E-state index in [2.05, 4.69) is 15.6 Å². The summed E-state index contributed by atoms with van der Waals surface area (Å²) in [4.78, 5) is 0. The molecule has 1 aromatic heterocycles. The molecule has 0 aliphatic rings. The number of rotatable bonds is 5. The smallest absolute Gasteiger partial charge is 0.311 e. The fourth-order valence-corrected chi connectivity index (χ4v) is 1.75. The van der Waals surface area contributed by atoms with E-state index in [9.17, 15) is 17.6 Å². The summed E-state index contributed by atoms with van der Waals surface area (Å²) < 4.78 is 52.6. The molecule has 2 rings (SSSR count). The molecule has 8 heteroatoms. The first-order valence-corrected chi connectivity index (χ1v) is 6.41. The van der Waals surface area contributed by atoms with E-state index < -0.39 is 17.6 Å². The topological polar surface area (TPSA) is 42.7 Å². The van der Waals surface area contributed by atoms with Crippen LogP contribution in [0.15, 0.2) is 24.4 Å². The van der Waals surface area contributed by atoms with Crippen LogP contribution in [0.4, 0.5) is 17.6 Å². The Bertz CT molecular complexity index is 606. The van der Waals surface area contributed by atoms with Crippen LogP contribution in [0.2, 0.25) is 0 Å². The molecule has 0 saturated heterocycles. The molecule has 1 N–H and O–H groups in total. The number of alkyl halides is 3. The van der Waals surface area contributed by atoms with Gasteiger partial charge in [-0.15, -0.1) is 5.10 Å². The van der Waals surface area contributed by atoms with Crippen molar-refractivity contribution in [2.75, 3.05) is 6.54 Å². The summed E-state index contributed by atoms with van der Waals surface area (Å²) >= 11 is 0. The highest BCUT2D eigenvalue weighted by Crippen LogP contribution is 2.31. The van der Waals surface area contributed by atoms with Gasteiger partial charge in [-0.1, -0.05) is 12.1 Å². The van der Waals surface area contributed by atoms with Crippen molar-refractivity contribution in [1.29, 1.82) is 0 Å². The molecular weight excluding hydrogens is 288 g/mol. The Labute approximate surface area is 118 Å². The molecule has 0 atom stereocenters. The predicted octanol–water partition coefficient (Wildman–Crippen LogP) is 2.92. The van der Waals surface area contributed by atoms with Crippen molar-refractivity contribution < 1.29 is 17.6 Å². The number of halogens is 4. The Morgan fingerprint density at radius 3 is 2.71 bits per heavy atom. The van der Waals surface area contributed by atoms with E-state index >= 15 is 0 Å². The number of hydrogen-bond donors (Lipinski definition) is 1. The molecule has 0 aliphatic heterocycles. The van der Waals surface area contributed by atoms with Gasteiger partial charge in [0.2, 0.25) is 0 Å². The molecule has 0 amide bonds. The number of benzene rings is 1. The summed E-state index contributed by atoms with van der Waals surface area (Å²) in [6.07, 6.45) is -2.19. The van der Waals surface area contributed by atoms with Crippen molar-refractivity contribution in [3.05, 3.63) is 41.5 Å². The third-order valence-electron chi connectivity index (χ3n) is 2.79. The number of nitrogens with one attached hydrogen (secondary N) is 1. The molecule has 4 nitrogen and oxygen atoms in total. The van der Waals surface area contributed by atoms with Crippen LogP contribution in [-0.4, -0.2) is 21.5 Å². The first-order valence-electron chi connectivity index (χ1n) is 6.41. The first kappa shape index (κ1) is 15.4. The highest BCUT2D eigenvalue weighted by atomic mass is 19.4. The van der Waals surface area contributed by atoms with E-state index in [-0.39, 0.29) is 5.69 Å². The van der Waals surface area contributed by atoms with Crippen LogP contribution in [-0.2, 0) is 12.7 Å². The lowest BCUT2D eigenvalue weighted by Gasteiger charge is -2.09. The van der Waals surface area contributed by atoms with E-state index in [1.165, 1.54) is 6.20 Å². The standard InChI is InChI=1S/C13H14F4N4/c1-2-5-18-7-10-8-21(20-19-10)12-6-9(13(15,16)17)3-4-11(12)14/h3-4,6,8,18H,2,5,7H2,1H3. The molecule has 2 aromatic rings. The summed E-state index contributed by atoms with van der Waals surface area (Å²) in [5.74, 6) is -0.791. The molecule has 0 unspecified atom stereocenters. The lowest BCUT2D eigenvalue weighted by molar-refractivity contribution is -0.137. The minimum atomic E-state index is -4.53. The van der Waals surface area contributed by atoms with Crippen molar-refractivity contribution in [3.8, 4) is 5.69 Å². The maximum atomic E-state index is 13.7. The highest BCUT2D eigenvalue weighted by Gasteiger charge is 2.31. The lowest BCUT2D eigenvalue weighted by atomic mass is 10.2. The molecule has 1 heterocycles. The zero-order chi connectivity index (χ0) is 15.5. The van der Waals surface area contributed by atoms with E-state index in [4.69, 9.17) is 0 Å². The predicted molar refractivity (Wildman–Crippen MR) is 68.3 cm³/mol. The monoisotopic (exact) mass is 302 g/mol. The van der Waals surface area contributed by atoms with Gasteiger partial charge in [-0.25, -0.2) is 9.07 Å². The molecule has 0 bridgehead atoms. The third kappa shape index (κ3) is 3.78. The molecule has 114 valence electrons. The number of nitrogens with zero attached hydrogens (tertiary/aromatic N) is 3. The zero-order valence-electron chi connectivity index (χ0n) is 11.3. The fourth-order valence-electron chi connectivity index (χ4n) is 1.75. The summed E-state index contributed by atoms with van der Waals surface area (Å²) in [7, 11) is 0. The normalized spacial score (nSPS) is 11.9. The van der Waals surface area contributed by atoms with Crippen LogP contribution in [0.25, 0.3) is 5.69 Å². The van der Waals surface area contributed by atoms with Crippen molar-refractivity contribution in [3.63, 3.8) is 0 Å². The van der Waals surface area contributed by atoms with Crippen molar-refractivity contribution in [1.82, 2.24) is 20.3 Å². The van der Waals surface area contributed by atoms with Gasteiger partial charge < -0.3 is 5.32 Å². The molecule has 0 saturated carbocycles. The maximum Gasteiger partial charge on any atom is 0.416 e. The van der Waals surface area contributed by atoms with Gasteiger partial charge in [-0.3, -0.25) is 0 Å². The molecule has 1 aromatic carbocycles. The lowest BCUT2D eigenvalue weighted by Crippen LogP contribution is -2.13. The van der Waals surface area contributed by atoms with E-state index in [0.717, 1.165) is 23.7 Å². The van der Waals surface area contributed by atoms with Crippen LogP contribution in [0.1, 0.15) is 24.6 Å². The second-order valence-electron chi connectivity index (χ2n) is 4.50. The van der Waals surface area contributed by atoms with E-state index in [1.54, 1.807) is 0 Å². The van der Waals surface area contributed by atoms with Crippen molar-refractivity contribution >= 4 is 0 Å². The Morgan fingerprint density at radius 2 is 2.05 bits per heavy atom. The number of hydrogen-bond acceptors (Lipinski definition) is 3. The van der Waals surface area contributed by atoms with Crippen LogP contribution in [0, 0.1) is 5.82 Å². The summed E-state index contributed by atoms with van der Waals surface area (Å²) in [5, 5.41) is 10.5. The average Bonchev–Trinajstić information content (AvgIpc) is 2.87. The maximum absolute atomic E-state index is 13.7. The molecule has 0 aliphatic carbocycles. The Morgan fingerprint density at radius 1 is 1.29 bits per heavy atom. The van der Waals surface area contributed by atoms with Crippen LogP contribution >= 0.6 is 0 Å². The Hall–Kier alpha value is -1.96. The molecule has 0 radical (unpaired) electrons. The third-order valence-corrected chi connectivity index (χ3v) is 2.79. The quantitative estimate of drug-likeness (QED) is 0.682. The van der Waals surface area contributed by atoms with Crippen molar-refractivity contribution in [2.45, 2.75) is 26.1 Å². The Balaban J connectivity index is 2.25. The van der Waals surface area contributed by atoms with Crippen LogP contribution < -0.4 is 5.32 Å². The Kier molecular flexibility index (Phi) is 4.56. The van der Waals surface area contributed by atoms with Crippen LogP contribution in [0.3, 0.4) is 0 Å². The first-order chi connectivity index (χ1) is 9.91.